The fraction of sp³-hybridized carbons (Fsp3) is 0.444. The van der Waals surface area contributed by atoms with Gasteiger partial charge in [-0.15, -0.1) is 15.3 Å². The standard InChI is InChI=1S/C18H21N7O2/c26-17(19-12-16-22-21-15-8-2-1-5-10-24(15)16)9-11-25-18(27)13-6-3-4-7-14(13)20-23-25/h3-4,6-7H,1-2,5,8-12H2,(H,19,26). The number of aryl methyl sites for hydroxylation is 2. The Morgan fingerprint density at radius 2 is 2.00 bits per heavy atom. The average molecular weight is 367 g/mol. The van der Waals surface area contributed by atoms with Crippen LogP contribution in [-0.2, 0) is 30.8 Å². The number of hydrogen-bond donors (Lipinski definition) is 1. The number of amides is 1. The first kappa shape index (κ1) is 17.3. The monoisotopic (exact) mass is 367 g/mol. The minimum atomic E-state index is -0.240. The summed E-state index contributed by atoms with van der Waals surface area (Å²) in [4.78, 5) is 24.6. The van der Waals surface area contributed by atoms with Gasteiger partial charge in [0.15, 0.2) is 5.82 Å². The number of carbonyl (C=O) groups excluding carboxylic acids is 1. The Balaban J connectivity index is 1.36. The molecule has 3 aromatic rings. The van der Waals surface area contributed by atoms with Crippen molar-refractivity contribution in [2.75, 3.05) is 0 Å². The Morgan fingerprint density at radius 1 is 1.11 bits per heavy atom. The third-order valence-electron chi connectivity index (χ3n) is 4.81. The van der Waals surface area contributed by atoms with Crippen molar-refractivity contribution in [2.24, 2.45) is 0 Å². The number of hydrogen-bond acceptors (Lipinski definition) is 6. The van der Waals surface area contributed by atoms with Gasteiger partial charge in [0.05, 0.1) is 18.5 Å². The smallest absolute Gasteiger partial charge is 0.277 e. The largest absolute Gasteiger partial charge is 0.349 e. The maximum Gasteiger partial charge on any atom is 0.277 e. The molecule has 0 radical (unpaired) electrons. The topological polar surface area (TPSA) is 108 Å². The highest BCUT2D eigenvalue weighted by molar-refractivity contribution is 5.77. The Hall–Kier alpha value is -3.10. The number of rotatable bonds is 5. The zero-order valence-corrected chi connectivity index (χ0v) is 15.0. The van der Waals surface area contributed by atoms with Crippen LogP contribution in [0.4, 0.5) is 0 Å². The van der Waals surface area contributed by atoms with Gasteiger partial charge in [0.25, 0.3) is 5.56 Å². The molecular weight excluding hydrogens is 346 g/mol. The lowest BCUT2D eigenvalue weighted by Crippen LogP contribution is -2.29. The molecule has 1 amide bonds. The van der Waals surface area contributed by atoms with Gasteiger partial charge in [-0.3, -0.25) is 9.59 Å². The van der Waals surface area contributed by atoms with Crippen LogP contribution in [0.3, 0.4) is 0 Å². The molecule has 0 atom stereocenters. The Kier molecular flexibility index (Phi) is 4.91. The van der Waals surface area contributed by atoms with E-state index < -0.39 is 0 Å². The van der Waals surface area contributed by atoms with E-state index in [1.165, 1.54) is 11.1 Å². The lowest BCUT2D eigenvalue weighted by molar-refractivity contribution is -0.121. The molecule has 9 heteroatoms. The van der Waals surface area contributed by atoms with Crippen molar-refractivity contribution in [1.82, 2.24) is 35.1 Å². The molecule has 27 heavy (non-hydrogen) atoms. The van der Waals surface area contributed by atoms with Crippen LogP contribution in [0.25, 0.3) is 10.9 Å². The predicted molar refractivity (Wildman–Crippen MR) is 97.8 cm³/mol. The SMILES string of the molecule is O=C(CCn1nnc2ccccc2c1=O)NCc1nnc2n1CCCCC2. The fourth-order valence-electron chi connectivity index (χ4n) is 3.32. The summed E-state index contributed by atoms with van der Waals surface area (Å²) in [6.45, 7) is 1.42. The van der Waals surface area contributed by atoms with Crippen LogP contribution >= 0.6 is 0 Å². The highest BCUT2D eigenvalue weighted by atomic mass is 16.2. The first-order valence-corrected chi connectivity index (χ1v) is 9.22. The molecule has 0 saturated heterocycles. The van der Waals surface area contributed by atoms with Gasteiger partial charge in [-0.25, -0.2) is 4.68 Å². The average Bonchev–Trinajstić information content (AvgIpc) is 2.92. The molecule has 1 N–H and O–H groups in total. The van der Waals surface area contributed by atoms with Crippen molar-refractivity contribution < 1.29 is 4.79 Å². The van der Waals surface area contributed by atoms with Crippen molar-refractivity contribution in [1.29, 1.82) is 0 Å². The van der Waals surface area contributed by atoms with Crippen molar-refractivity contribution in [3.63, 3.8) is 0 Å². The number of carbonyl (C=O) groups is 1. The highest BCUT2D eigenvalue weighted by Crippen LogP contribution is 2.14. The lowest BCUT2D eigenvalue weighted by Gasteiger charge is -2.08. The molecule has 0 fully saturated rings. The molecular formula is C18H21N7O2. The van der Waals surface area contributed by atoms with Gasteiger partial charge < -0.3 is 9.88 Å². The van der Waals surface area contributed by atoms with E-state index >= 15 is 0 Å². The van der Waals surface area contributed by atoms with E-state index in [2.05, 4.69) is 30.4 Å². The van der Waals surface area contributed by atoms with E-state index in [0.717, 1.165) is 37.5 Å². The van der Waals surface area contributed by atoms with Gasteiger partial charge in [0, 0.05) is 19.4 Å². The zero-order chi connectivity index (χ0) is 18.6. The maximum atomic E-state index is 12.4. The van der Waals surface area contributed by atoms with Gasteiger partial charge >= 0.3 is 0 Å². The summed E-state index contributed by atoms with van der Waals surface area (Å²) in [5.41, 5.74) is 0.312. The predicted octanol–water partition coefficient (Wildman–Crippen LogP) is 0.816. The number of aromatic nitrogens is 6. The number of benzene rings is 1. The molecule has 4 rings (SSSR count). The summed E-state index contributed by atoms with van der Waals surface area (Å²) < 4.78 is 3.33. The Morgan fingerprint density at radius 3 is 2.93 bits per heavy atom. The third-order valence-corrected chi connectivity index (χ3v) is 4.81. The van der Waals surface area contributed by atoms with Crippen LogP contribution in [0.15, 0.2) is 29.1 Å². The number of nitrogens with one attached hydrogen (secondary N) is 1. The second kappa shape index (κ2) is 7.65. The van der Waals surface area contributed by atoms with Crippen molar-refractivity contribution in [3.05, 3.63) is 46.3 Å². The highest BCUT2D eigenvalue weighted by Gasteiger charge is 2.15. The molecule has 0 spiro atoms. The van der Waals surface area contributed by atoms with Crippen molar-refractivity contribution in [3.8, 4) is 0 Å². The molecule has 9 nitrogen and oxygen atoms in total. The quantitative estimate of drug-likeness (QED) is 0.715. The molecule has 3 heterocycles. The van der Waals surface area contributed by atoms with Gasteiger partial charge in [-0.1, -0.05) is 23.8 Å². The van der Waals surface area contributed by atoms with Gasteiger partial charge in [0.2, 0.25) is 5.91 Å². The Labute approximate surface area is 155 Å². The molecule has 0 unspecified atom stereocenters. The van der Waals surface area contributed by atoms with E-state index in [1.807, 2.05) is 0 Å². The van der Waals surface area contributed by atoms with Gasteiger partial charge in [0.1, 0.15) is 11.3 Å². The summed E-state index contributed by atoms with van der Waals surface area (Å²) in [6, 6.07) is 7.03. The Bertz CT molecular complexity index is 1020. The van der Waals surface area contributed by atoms with Gasteiger partial charge in [-0.2, -0.15) is 0 Å². The van der Waals surface area contributed by atoms with Crippen LogP contribution in [0.1, 0.15) is 37.3 Å². The minimum Gasteiger partial charge on any atom is -0.349 e. The van der Waals surface area contributed by atoms with Crippen LogP contribution in [0, 0.1) is 0 Å². The lowest BCUT2D eigenvalue weighted by atomic mass is 10.2. The molecule has 140 valence electrons. The molecule has 1 aliphatic heterocycles. The second-order valence-corrected chi connectivity index (χ2v) is 6.66. The molecule has 0 bridgehead atoms. The van der Waals surface area contributed by atoms with Crippen LogP contribution in [0.2, 0.25) is 0 Å². The van der Waals surface area contributed by atoms with E-state index in [-0.39, 0.29) is 24.4 Å². The maximum absolute atomic E-state index is 12.4. The van der Waals surface area contributed by atoms with E-state index in [9.17, 15) is 9.59 Å². The first-order valence-electron chi connectivity index (χ1n) is 9.22. The van der Waals surface area contributed by atoms with E-state index in [4.69, 9.17) is 0 Å². The van der Waals surface area contributed by atoms with E-state index in [0.29, 0.717) is 17.4 Å². The molecule has 0 aliphatic carbocycles. The van der Waals surface area contributed by atoms with Crippen molar-refractivity contribution in [2.45, 2.75) is 51.7 Å². The first-order chi connectivity index (χ1) is 13.2. The summed E-state index contributed by atoms with van der Waals surface area (Å²) in [6.07, 6.45) is 4.51. The molecule has 1 aromatic carbocycles. The molecule has 1 aliphatic rings. The summed E-state index contributed by atoms with van der Waals surface area (Å²) in [7, 11) is 0. The number of fused-ring (bicyclic) bond motifs is 2. The summed E-state index contributed by atoms with van der Waals surface area (Å²) >= 11 is 0. The van der Waals surface area contributed by atoms with E-state index in [1.54, 1.807) is 24.3 Å². The molecule has 0 saturated carbocycles. The van der Waals surface area contributed by atoms with Gasteiger partial charge in [-0.05, 0) is 25.0 Å². The minimum absolute atomic E-state index is 0.147. The summed E-state index contributed by atoms with van der Waals surface area (Å²) in [5.74, 6) is 1.61. The molecule has 2 aromatic heterocycles. The third kappa shape index (κ3) is 3.71. The summed E-state index contributed by atoms with van der Waals surface area (Å²) in [5, 5.41) is 19.7. The zero-order valence-electron chi connectivity index (χ0n) is 15.0. The van der Waals surface area contributed by atoms with Crippen molar-refractivity contribution >= 4 is 16.8 Å². The second-order valence-electron chi connectivity index (χ2n) is 6.66. The van der Waals surface area contributed by atoms with Crippen LogP contribution < -0.4 is 10.9 Å². The van der Waals surface area contributed by atoms with Crippen LogP contribution in [0.5, 0.6) is 0 Å². The fourth-order valence-corrected chi connectivity index (χ4v) is 3.32. The number of nitrogens with zero attached hydrogens (tertiary/aromatic N) is 6. The normalized spacial score (nSPS) is 13.9. The van der Waals surface area contributed by atoms with Crippen LogP contribution in [-0.4, -0.2) is 35.7 Å².